The number of hydrogen-bond donors (Lipinski definition) is 0. The maximum absolute atomic E-state index is 7.27. The maximum Gasteiger partial charge on any atom is 0.181 e. The molecular formula is C50H48O6. The van der Waals surface area contributed by atoms with Gasteiger partial charge in [-0.25, -0.2) is 0 Å². The molecule has 6 nitrogen and oxygen atoms in total. The van der Waals surface area contributed by atoms with E-state index in [0.717, 1.165) is 91.5 Å². The van der Waals surface area contributed by atoms with Crippen LogP contribution in [0.1, 0.15) is 73.9 Å². The van der Waals surface area contributed by atoms with Crippen LogP contribution in [0.15, 0.2) is 133 Å². The molecule has 0 fully saturated rings. The average Bonchev–Trinajstić information content (AvgIpc) is 3.25. The lowest BCUT2D eigenvalue weighted by molar-refractivity contribution is 0.154. The van der Waals surface area contributed by atoms with E-state index < -0.39 is 11.2 Å². The van der Waals surface area contributed by atoms with Gasteiger partial charge in [-0.1, -0.05) is 86.6 Å². The van der Waals surface area contributed by atoms with Crippen LogP contribution < -0.4 is 28.4 Å². The van der Waals surface area contributed by atoms with Gasteiger partial charge in [-0.3, -0.25) is 0 Å². The molecule has 0 radical (unpaired) electrons. The molecule has 2 atom stereocenters. The lowest BCUT2D eigenvalue weighted by atomic mass is 9.81. The van der Waals surface area contributed by atoms with Gasteiger partial charge in [-0.05, 0) is 92.8 Å². The first kappa shape index (κ1) is 36.8. The molecule has 2 heterocycles. The third-order valence-corrected chi connectivity index (χ3v) is 10.4. The van der Waals surface area contributed by atoms with Gasteiger partial charge in [0.15, 0.2) is 11.2 Å². The maximum atomic E-state index is 7.27. The summed E-state index contributed by atoms with van der Waals surface area (Å²) in [5, 5.41) is 2.14. The zero-order valence-corrected chi connectivity index (χ0v) is 32.5. The van der Waals surface area contributed by atoms with Gasteiger partial charge in [0.2, 0.25) is 0 Å². The second-order valence-electron chi connectivity index (χ2n) is 14.0. The Hall–Kier alpha value is -6.14. The fourth-order valence-electron chi connectivity index (χ4n) is 7.84. The standard InChI is InChI=1S/C50H48O6/c1-5-31-53-46-33-38(51-7-3)21-23-42(46)49(36-15-11-9-12-16-36)29-27-40-44(55-49)25-19-35-20-26-45-41(48(35)40)28-30-50(56-45,37-17-13-10-14-18-37)43-24-22-39(52-8-4)34-47(43)54-32-6-2/h9-30,33-34H,5-8,31-32H2,1-4H3. The Kier molecular flexibility index (Phi) is 10.5. The smallest absolute Gasteiger partial charge is 0.181 e. The largest absolute Gasteiger partial charge is 0.494 e. The van der Waals surface area contributed by atoms with Gasteiger partial charge in [-0.2, -0.15) is 0 Å². The lowest BCUT2D eigenvalue weighted by Crippen LogP contribution is -2.35. The molecule has 0 spiro atoms. The predicted molar refractivity (Wildman–Crippen MR) is 225 cm³/mol. The van der Waals surface area contributed by atoms with E-state index in [1.165, 1.54) is 0 Å². The summed E-state index contributed by atoms with van der Waals surface area (Å²) < 4.78 is 39.2. The predicted octanol–water partition coefficient (Wildman–Crippen LogP) is 11.9. The van der Waals surface area contributed by atoms with Crippen LogP contribution in [0.3, 0.4) is 0 Å². The van der Waals surface area contributed by atoms with Gasteiger partial charge < -0.3 is 28.4 Å². The van der Waals surface area contributed by atoms with Gasteiger partial charge in [0, 0.05) is 50.9 Å². The van der Waals surface area contributed by atoms with Gasteiger partial charge >= 0.3 is 0 Å². The Balaban J connectivity index is 1.28. The minimum absolute atomic E-state index is 0.566. The molecule has 284 valence electrons. The molecule has 0 amide bonds. The van der Waals surface area contributed by atoms with Crippen molar-refractivity contribution in [3.05, 3.63) is 167 Å². The first-order valence-electron chi connectivity index (χ1n) is 19.8. The average molecular weight is 745 g/mol. The zero-order valence-electron chi connectivity index (χ0n) is 32.5. The summed E-state index contributed by atoms with van der Waals surface area (Å²) in [6.45, 7) is 10.5. The highest BCUT2D eigenvalue weighted by Gasteiger charge is 2.42. The minimum Gasteiger partial charge on any atom is -0.494 e. The number of ether oxygens (including phenoxy) is 6. The number of fused-ring (bicyclic) bond motifs is 5. The Morgan fingerprint density at radius 2 is 0.929 bits per heavy atom. The summed E-state index contributed by atoms with van der Waals surface area (Å²) in [4.78, 5) is 0. The van der Waals surface area contributed by atoms with Crippen LogP contribution in [0, 0.1) is 0 Å². The highest BCUT2D eigenvalue weighted by Crippen LogP contribution is 2.51. The second-order valence-corrected chi connectivity index (χ2v) is 14.0. The first-order valence-corrected chi connectivity index (χ1v) is 19.8. The molecule has 0 saturated heterocycles. The van der Waals surface area contributed by atoms with Crippen molar-refractivity contribution in [1.29, 1.82) is 0 Å². The number of rotatable bonds is 14. The highest BCUT2D eigenvalue weighted by molar-refractivity contribution is 6.02. The zero-order chi connectivity index (χ0) is 38.5. The lowest BCUT2D eigenvalue weighted by Gasteiger charge is -2.38. The third-order valence-electron chi connectivity index (χ3n) is 10.4. The quantitative estimate of drug-likeness (QED) is 0.111. The summed E-state index contributed by atoms with van der Waals surface area (Å²) in [5.74, 6) is 4.52. The van der Waals surface area contributed by atoms with Crippen molar-refractivity contribution in [2.75, 3.05) is 26.4 Å². The van der Waals surface area contributed by atoms with E-state index in [-0.39, 0.29) is 0 Å². The fraction of sp³-hybridized carbons (Fsp3) is 0.240. The van der Waals surface area contributed by atoms with Crippen molar-refractivity contribution >= 4 is 22.9 Å². The van der Waals surface area contributed by atoms with E-state index in [1.54, 1.807) is 0 Å². The van der Waals surface area contributed by atoms with Crippen molar-refractivity contribution in [2.24, 2.45) is 0 Å². The van der Waals surface area contributed by atoms with Crippen LogP contribution in [-0.2, 0) is 11.2 Å². The molecule has 0 aromatic heterocycles. The van der Waals surface area contributed by atoms with Crippen LogP contribution in [0.2, 0.25) is 0 Å². The molecule has 2 aliphatic heterocycles. The molecule has 0 aliphatic carbocycles. The summed E-state index contributed by atoms with van der Waals surface area (Å²) in [7, 11) is 0. The molecule has 0 bridgehead atoms. The Morgan fingerprint density at radius 1 is 0.482 bits per heavy atom. The molecule has 0 saturated carbocycles. The van der Waals surface area contributed by atoms with E-state index in [2.05, 4.69) is 98.8 Å². The summed E-state index contributed by atoms with van der Waals surface area (Å²) in [5.41, 5.74) is 3.87. The summed E-state index contributed by atoms with van der Waals surface area (Å²) in [6, 6.07) is 41.2. The molecule has 2 aliphatic rings. The molecule has 6 aromatic rings. The van der Waals surface area contributed by atoms with Crippen molar-refractivity contribution in [3.63, 3.8) is 0 Å². The first-order chi connectivity index (χ1) is 27.5. The van der Waals surface area contributed by atoms with Crippen molar-refractivity contribution < 1.29 is 28.4 Å². The van der Waals surface area contributed by atoms with Crippen molar-refractivity contribution in [1.82, 2.24) is 0 Å². The topological polar surface area (TPSA) is 55.4 Å². The third kappa shape index (κ3) is 6.63. The van der Waals surface area contributed by atoms with Crippen LogP contribution in [0.4, 0.5) is 0 Å². The summed E-state index contributed by atoms with van der Waals surface area (Å²) in [6.07, 6.45) is 10.5. The SMILES string of the molecule is CCCOc1cc(OCC)ccc1C1(c2ccccc2)C=Cc2c(ccc3ccc4c(c23)C=CC(c2ccccc2)(c2ccc(OCC)cc2OCCC)O4)O1. The molecule has 6 heteroatoms. The Bertz CT molecular complexity index is 2220. The fourth-order valence-corrected chi connectivity index (χ4v) is 7.84. The Labute approximate surface area is 329 Å². The van der Waals surface area contributed by atoms with Crippen molar-refractivity contribution in [2.45, 2.75) is 51.7 Å². The van der Waals surface area contributed by atoms with E-state index in [4.69, 9.17) is 28.4 Å². The molecule has 8 rings (SSSR count). The van der Waals surface area contributed by atoms with Crippen LogP contribution in [-0.4, -0.2) is 26.4 Å². The van der Waals surface area contributed by atoms with E-state index in [1.807, 2.05) is 74.5 Å². The molecular weight excluding hydrogens is 697 g/mol. The van der Waals surface area contributed by atoms with Gasteiger partial charge in [-0.15, -0.1) is 0 Å². The van der Waals surface area contributed by atoms with Crippen LogP contribution >= 0.6 is 0 Å². The molecule has 2 unspecified atom stereocenters. The number of hydrogen-bond acceptors (Lipinski definition) is 6. The van der Waals surface area contributed by atoms with Crippen molar-refractivity contribution in [3.8, 4) is 34.5 Å². The highest BCUT2D eigenvalue weighted by atomic mass is 16.5. The van der Waals surface area contributed by atoms with Gasteiger partial charge in [0.05, 0.1) is 26.4 Å². The van der Waals surface area contributed by atoms with Crippen LogP contribution in [0.25, 0.3) is 22.9 Å². The molecule has 56 heavy (non-hydrogen) atoms. The van der Waals surface area contributed by atoms with E-state index in [9.17, 15) is 0 Å². The minimum atomic E-state index is -0.956. The second kappa shape index (κ2) is 15.9. The summed E-state index contributed by atoms with van der Waals surface area (Å²) >= 11 is 0. The molecule has 0 N–H and O–H groups in total. The number of benzene rings is 6. The van der Waals surface area contributed by atoms with E-state index >= 15 is 0 Å². The normalized spacial score (nSPS) is 18.0. The Morgan fingerprint density at radius 3 is 1.34 bits per heavy atom. The van der Waals surface area contributed by atoms with Gasteiger partial charge in [0.25, 0.3) is 0 Å². The monoisotopic (exact) mass is 744 g/mol. The molecule has 6 aromatic carbocycles. The van der Waals surface area contributed by atoms with Crippen LogP contribution in [0.5, 0.6) is 34.5 Å². The van der Waals surface area contributed by atoms with Gasteiger partial charge in [0.1, 0.15) is 34.5 Å². The van der Waals surface area contributed by atoms with E-state index in [0.29, 0.717) is 26.4 Å².